The fraction of sp³-hybridized carbons (Fsp3) is 0.111. The van der Waals surface area contributed by atoms with Crippen LogP contribution in [0, 0.1) is 15.9 Å². The second-order valence-corrected chi connectivity index (χ2v) is 2.83. The van der Waals surface area contributed by atoms with Crippen LogP contribution in [0.15, 0.2) is 24.3 Å². The number of halogens is 2. The van der Waals surface area contributed by atoms with Gasteiger partial charge in [0.15, 0.2) is 0 Å². The van der Waals surface area contributed by atoms with Crippen molar-refractivity contribution >= 4 is 23.4 Å². The molecule has 1 rings (SSSR count). The minimum absolute atomic E-state index is 0.138. The first-order chi connectivity index (χ1) is 6.65. The number of hydrogen-bond acceptors (Lipinski definition) is 2. The van der Waals surface area contributed by atoms with E-state index in [0.29, 0.717) is 0 Å². The minimum atomic E-state index is -0.572. The quantitative estimate of drug-likeness (QED) is 0.442. The van der Waals surface area contributed by atoms with Crippen LogP contribution in [0.4, 0.5) is 10.1 Å². The highest BCUT2D eigenvalue weighted by molar-refractivity contribution is 6.19. The molecule has 0 bridgehead atoms. The van der Waals surface area contributed by atoms with E-state index >= 15 is 0 Å². The summed E-state index contributed by atoms with van der Waals surface area (Å²) in [7, 11) is 0. The summed E-state index contributed by atoms with van der Waals surface area (Å²) in [5, 5.41) is 10.4. The first-order valence-corrected chi connectivity index (χ1v) is 4.35. The normalized spacial score (nSPS) is 10.7. The molecule has 0 aliphatic heterocycles. The van der Waals surface area contributed by atoms with Crippen LogP contribution in [0.5, 0.6) is 0 Å². The van der Waals surface area contributed by atoms with Gasteiger partial charge in [-0.1, -0.05) is 12.2 Å². The van der Waals surface area contributed by atoms with Gasteiger partial charge in [-0.25, -0.2) is 4.39 Å². The average Bonchev–Trinajstić information content (AvgIpc) is 2.16. The molecule has 1 aromatic carbocycles. The van der Waals surface area contributed by atoms with Crippen LogP contribution in [0.25, 0.3) is 6.08 Å². The summed E-state index contributed by atoms with van der Waals surface area (Å²) in [4.78, 5) is 9.80. The number of benzene rings is 1. The second-order valence-electron chi connectivity index (χ2n) is 2.52. The summed E-state index contributed by atoms with van der Waals surface area (Å²) in [5.41, 5.74) is 0.0282. The number of non-ortho nitro benzene ring substituents is 1. The van der Waals surface area contributed by atoms with Crippen molar-refractivity contribution in [2.24, 2.45) is 0 Å². The van der Waals surface area contributed by atoms with Crippen LogP contribution >= 0.6 is 11.6 Å². The Bertz CT molecular complexity index is 379. The number of nitrogens with zero attached hydrogens (tertiary/aromatic N) is 1. The van der Waals surface area contributed by atoms with E-state index in [2.05, 4.69) is 0 Å². The van der Waals surface area contributed by atoms with Gasteiger partial charge in [0.25, 0.3) is 5.69 Å². The number of nitro benzene ring substituents is 1. The smallest absolute Gasteiger partial charge is 0.258 e. The van der Waals surface area contributed by atoms with Crippen molar-refractivity contribution in [1.82, 2.24) is 0 Å². The Morgan fingerprint density at radius 3 is 2.86 bits per heavy atom. The lowest BCUT2D eigenvalue weighted by molar-refractivity contribution is -0.384. The van der Waals surface area contributed by atoms with Gasteiger partial charge in [-0.15, -0.1) is 11.6 Å². The second kappa shape index (κ2) is 4.72. The van der Waals surface area contributed by atoms with Crippen LogP contribution in [0.1, 0.15) is 5.56 Å². The summed E-state index contributed by atoms with van der Waals surface area (Å²) < 4.78 is 13.0. The average molecular weight is 216 g/mol. The Balaban J connectivity index is 3.08. The summed E-state index contributed by atoms with van der Waals surface area (Å²) in [6.07, 6.45) is 2.93. The van der Waals surface area contributed by atoms with Crippen LogP contribution in [0.2, 0.25) is 0 Å². The molecule has 0 saturated heterocycles. The third-order valence-electron chi connectivity index (χ3n) is 1.58. The van der Waals surface area contributed by atoms with Gasteiger partial charge >= 0.3 is 0 Å². The molecule has 0 aliphatic carbocycles. The standard InChI is InChI=1S/C9H7ClFNO2/c10-5-1-2-7-6-8(12(13)14)3-4-9(7)11/h1-4,6H,5H2. The number of hydrogen-bond donors (Lipinski definition) is 0. The Morgan fingerprint density at radius 2 is 2.29 bits per heavy atom. The molecule has 0 unspecified atom stereocenters. The van der Waals surface area contributed by atoms with Crippen LogP contribution in [0.3, 0.4) is 0 Å². The van der Waals surface area contributed by atoms with Gasteiger partial charge in [-0.05, 0) is 6.07 Å². The van der Waals surface area contributed by atoms with Crippen molar-refractivity contribution in [3.63, 3.8) is 0 Å². The van der Waals surface area contributed by atoms with E-state index in [9.17, 15) is 14.5 Å². The predicted molar refractivity (Wildman–Crippen MR) is 52.8 cm³/mol. The molecule has 3 nitrogen and oxygen atoms in total. The molecular formula is C9H7ClFNO2. The van der Waals surface area contributed by atoms with Gasteiger partial charge < -0.3 is 0 Å². The van der Waals surface area contributed by atoms with Crippen LogP contribution < -0.4 is 0 Å². The van der Waals surface area contributed by atoms with Crippen molar-refractivity contribution in [3.05, 3.63) is 45.8 Å². The van der Waals surface area contributed by atoms with E-state index in [0.717, 1.165) is 12.1 Å². The van der Waals surface area contributed by atoms with Crippen LogP contribution in [-0.2, 0) is 0 Å². The van der Waals surface area contributed by atoms with Gasteiger partial charge in [0.05, 0.1) is 4.92 Å². The maximum absolute atomic E-state index is 13.0. The predicted octanol–water partition coefficient (Wildman–Crippen LogP) is 2.99. The van der Waals surface area contributed by atoms with Crippen molar-refractivity contribution < 1.29 is 9.31 Å². The van der Waals surface area contributed by atoms with Gasteiger partial charge in [0.1, 0.15) is 5.82 Å². The maximum atomic E-state index is 13.0. The van der Waals surface area contributed by atoms with Crippen molar-refractivity contribution in [3.8, 4) is 0 Å². The molecule has 0 fully saturated rings. The first kappa shape index (κ1) is 10.7. The molecule has 5 heteroatoms. The van der Waals surface area contributed by atoms with E-state index in [4.69, 9.17) is 11.6 Å². The van der Waals surface area contributed by atoms with E-state index < -0.39 is 10.7 Å². The highest BCUT2D eigenvalue weighted by atomic mass is 35.5. The van der Waals surface area contributed by atoms with E-state index in [1.165, 1.54) is 18.2 Å². The van der Waals surface area contributed by atoms with E-state index in [-0.39, 0.29) is 17.1 Å². The SMILES string of the molecule is O=[N+]([O-])c1ccc(F)c(C=CCCl)c1. The molecule has 0 radical (unpaired) electrons. The van der Waals surface area contributed by atoms with Gasteiger partial charge in [-0.3, -0.25) is 10.1 Å². The summed E-state index contributed by atoms with van der Waals surface area (Å²) in [6, 6.07) is 3.35. The fourth-order valence-electron chi connectivity index (χ4n) is 0.944. The van der Waals surface area contributed by atoms with Gasteiger partial charge in [0.2, 0.25) is 0 Å². The lowest BCUT2D eigenvalue weighted by Gasteiger charge is -1.96. The Morgan fingerprint density at radius 1 is 1.57 bits per heavy atom. The third kappa shape index (κ3) is 2.53. The van der Waals surface area contributed by atoms with E-state index in [1.54, 1.807) is 0 Å². The van der Waals surface area contributed by atoms with Crippen molar-refractivity contribution in [1.29, 1.82) is 0 Å². The van der Waals surface area contributed by atoms with Crippen molar-refractivity contribution in [2.45, 2.75) is 0 Å². The molecule has 0 atom stereocenters. The fourth-order valence-corrected chi connectivity index (χ4v) is 1.03. The van der Waals surface area contributed by atoms with E-state index in [1.807, 2.05) is 0 Å². The zero-order chi connectivity index (χ0) is 10.6. The molecule has 0 heterocycles. The number of alkyl halides is 1. The molecule has 0 aromatic heterocycles. The van der Waals surface area contributed by atoms with Gasteiger partial charge in [-0.2, -0.15) is 0 Å². The number of nitro groups is 1. The zero-order valence-electron chi connectivity index (χ0n) is 7.11. The maximum Gasteiger partial charge on any atom is 0.270 e. The first-order valence-electron chi connectivity index (χ1n) is 3.81. The molecule has 14 heavy (non-hydrogen) atoms. The molecule has 0 aliphatic rings. The lowest BCUT2D eigenvalue weighted by Crippen LogP contribution is -1.90. The molecule has 74 valence electrons. The number of rotatable bonds is 3. The monoisotopic (exact) mass is 215 g/mol. The Labute approximate surface area is 85.0 Å². The Kier molecular flexibility index (Phi) is 3.59. The Hall–Kier alpha value is -1.42. The van der Waals surface area contributed by atoms with Crippen LogP contribution in [-0.4, -0.2) is 10.8 Å². The minimum Gasteiger partial charge on any atom is -0.258 e. The highest BCUT2D eigenvalue weighted by Gasteiger charge is 2.08. The largest absolute Gasteiger partial charge is 0.270 e. The highest BCUT2D eigenvalue weighted by Crippen LogP contribution is 2.17. The molecular weight excluding hydrogens is 209 g/mol. The molecule has 0 N–H and O–H groups in total. The van der Waals surface area contributed by atoms with Crippen molar-refractivity contribution in [2.75, 3.05) is 5.88 Å². The third-order valence-corrected chi connectivity index (χ3v) is 1.76. The topological polar surface area (TPSA) is 43.1 Å². The van der Waals surface area contributed by atoms with Gasteiger partial charge in [0, 0.05) is 23.6 Å². The molecule has 1 aromatic rings. The summed E-state index contributed by atoms with van der Waals surface area (Å²) in [6.45, 7) is 0. The molecule has 0 amide bonds. The summed E-state index contributed by atoms with van der Waals surface area (Å²) >= 11 is 5.36. The lowest BCUT2D eigenvalue weighted by atomic mass is 10.2. The molecule has 0 spiro atoms. The molecule has 0 saturated carbocycles. The summed E-state index contributed by atoms with van der Waals surface area (Å²) in [5.74, 6) is -0.265. The zero-order valence-corrected chi connectivity index (χ0v) is 7.87. The number of allylic oxidation sites excluding steroid dienone is 1.